The van der Waals surface area contributed by atoms with Crippen molar-refractivity contribution < 1.29 is 19.0 Å². The second-order valence-corrected chi connectivity index (χ2v) is 12.1. The number of aromatic amines is 1. The first kappa shape index (κ1) is 22.0. The van der Waals surface area contributed by atoms with Crippen molar-refractivity contribution in [2.45, 2.75) is 26.8 Å². The number of nitrogens with zero attached hydrogens (tertiary/aromatic N) is 4. The first-order valence-electron chi connectivity index (χ1n) is 10.4. The first-order valence-corrected chi connectivity index (χ1v) is 13.0. The van der Waals surface area contributed by atoms with Crippen molar-refractivity contribution in [2.75, 3.05) is 37.9 Å². The van der Waals surface area contributed by atoms with E-state index in [9.17, 15) is 9.79 Å². The Hall–Kier alpha value is -2.16. The standard InChI is InChI=1S/C21H30N5O4P/c1-14(2)12-30-31(4,27,28)18-11-19(26-9-10-29-13-15(26)3)24-20-16(18)5-7-22-21(20)17-6-8-23-25-17/h5-8,11,14-15,27-28H,9-10,12-13H2,1-4H3,(H,23,25)/t15-/m1/s1. The van der Waals surface area contributed by atoms with Gasteiger partial charge in [0.05, 0.1) is 0 Å². The summed E-state index contributed by atoms with van der Waals surface area (Å²) in [6, 6.07) is 5.40. The number of aromatic nitrogens is 4. The van der Waals surface area contributed by atoms with E-state index in [2.05, 4.69) is 27.0 Å². The van der Waals surface area contributed by atoms with E-state index in [1.165, 1.54) is 6.66 Å². The maximum atomic E-state index is 11.5. The molecule has 10 heteroatoms. The fourth-order valence-electron chi connectivity index (χ4n) is 3.74. The molecular formula is C21H30N5O4P. The molecule has 3 aromatic rings. The average Bonchev–Trinajstić information content (AvgIpc) is 3.26. The summed E-state index contributed by atoms with van der Waals surface area (Å²) in [5.74, 6) is 0.786. The van der Waals surface area contributed by atoms with Crippen molar-refractivity contribution in [1.82, 2.24) is 20.2 Å². The van der Waals surface area contributed by atoms with Crippen LogP contribution in [-0.2, 0) is 9.26 Å². The van der Waals surface area contributed by atoms with Crippen LogP contribution in [-0.4, -0.2) is 69.0 Å². The molecule has 1 atom stereocenters. The van der Waals surface area contributed by atoms with Crippen LogP contribution in [0.15, 0.2) is 30.6 Å². The fourth-order valence-corrected chi connectivity index (χ4v) is 5.69. The SMILES string of the molecule is CC(C)COP(C)(O)(O)c1cc(N2CCOC[C@H]2C)nc2c(-c3ccn[nH]3)nccc12. The molecule has 1 aliphatic heterocycles. The molecule has 0 aromatic carbocycles. The number of morpholine rings is 1. The van der Waals surface area contributed by atoms with Gasteiger partial charge in [0.1, 0.15) is 0 Å². The molecular weight excluding hydrogens is 417 g/mol. The number of H-pyrrole nitrogens is 1. The van der Waals surface area contributed by atoms with E-state index in [-0.39, 0.29) is 18.6 Å². The molecule has 4 heterocycles. The van der Waals surface area contributed by atoms with Gasteiger partial charge in [0.25, 0.3) is 0 Å². The number of nitrogens with one attached hydrogen (secondary N) is 1. The molecule has 9 nitrogen and oxygen atoms in total. The van der Waals surface area contributed by atoms with Crippen molar-refractivity contribution in [3.8, 4) is 11.4 Å². The number of rotatable bonds is 6. The van der Waals surface area contributed by atoms with Crippen molar-refractivity contribution >= 4 is 29.3 Å². The second-order valence-electron chi connectivity index (χ2n) is 8.68. The molecule has 0 aliphatic carbocycles. The molecule has 0 spiro atoms. The Balaban J connectivity index is 1.97. The molecule has 0 unspecified atom stereocenters. The normalized spacial score (nSPS) is 19.0. The summed E-state index contributed by atoms with van der Waals surface area (Å²) in [5.41, 5.74) is 1.85. The third kappa shape index (κ3) is 4.42. The predicted octanol–water partition coefficient (Wildman–Crippen LogP) is 2.46. The molecule has 3 aromatic heterocycles. The summed E-state index contributed by atoms with van der Waals surface area (Å²) in [7, 11) is -4.68. The van der Waals surface area contributed by atoms with Gasteiger partial charge in [-0.15, -0.1) is 0 Å². The van der Waals surface area contributed by atoms with Gasteiger partial charge >= 0.3 is 181 Å². The van der Waals surface area contributed by atoms with Crippen molar-refractivity contribution in [1.29, 1.82) is 0 Å². The van der Waals surface area contributed by atoms with Crippen LogP contribution in [0.3, 0.4) is 0 Å². The molecule has 1 saturated heterocycles. The van der Waals surface area contributed by atoms with Gasteiger partial charge in [-0.25, -0.2) is 0 Å². The minimum absolute atomic E-state index is 0.0932. The van der Waals surface area contributed by atoms with Crippen LogP contribution >= 0.6 is 7.28 Å². The Bertz CT molecular complexity index is 1060. The Labute approximate surface area is 181 Å². The van der Waals surface area contributed by atoms with Gasteiger partial charge in [-0.3, -0.25) is 0 Å². The van der Waals surface area contributed by atoms with Crippen LogP contribution in [0.25, 0.3) is 22.3 Å². The quantitative estimate of drug-likeness (QED) is 0.494. The number of ether oxygens (including phenoxy) is 1. The van der Waals surface area contributed by atoms with Gasteiger partial charge in [0, 0.05) is 0 Å². The molecule has 0 saturated carbocycles. The second kappa shape index (κ2) is 8.07. The molecule has 3 N–H and O–H groups in total. The summed E-state index contributed by atoms with van der Waals surface area (Å²) < 4.78 is 11.4. The van der Waals surface area contributed by atoms with E-state index in [0.717, 1.165) is 0 Å². The third-order valence-electron chi connectivity index (χ3n) is 5.38. The number of pyridine rings is 2. The Morgan fingerprint density at radius 1 is 1.32 bits per heavy atom. The summed E-state index contributed by atoms with van der Waals surface area (Å²) in [4.78, 5) is 34.5. The number of fused-ring (bicyclic) bond motifs is 1. The summed E-state index contributed by atoms with van der Waals surface area (Å²) in [6.45, 7) is 9.44. The molecule has 0 radical (unpaired) electrons. The summed E-state index contributed by atoms with van der Waals surface area (Å²) in [5, 5.41) is 7.89. The van der Waals surface area contributed by atoms with Crippen molar-refractivity contribution in [2.24, 2.45) is 5.92 Å². The average molecular weight is 447 g/mol. The minimum atomic E-state index is -4.68. The van der Waals surface area contributed by atoms with Crippen LogP contribution in [0.1, 0.15) is 20.8 Å². The molecule has 0 bridgehead atoms. The number of hydrogen-bond donors (Lipinski definition) is 3. The van der Waals surface area contributed by atoms with Crippen LogP contribution in [0.5, 0.6) is 0 Å². The van der Waals surface area contributed by atoms with Gasteiger partial charge in [0.2, 0.25) is 0 Å². The fraction of sp³-hybridized carbons (Fsp3) is 0.476. The van der Waals surface area contributed by atoms with E-state index in [0.29, 0.717) is 53.2 Å². The van der Waals surface area contributed by atoms with E-state index in [4.69, 9.17) is 14.2 Å². The van der Waals surface area contributed by atoms with Crippen LogP contribution < -0.4 is 10.2 Å². The molecule has 1 aliphatic rings. The molecule has 4 rings (SSSR count). The third-order valence-corrected chi connectivity index (χ3v) is 7.63. The van der Waals surface area contributed by atoms with Gasteiger partial charge in [0.15, 0.2) is 0 Å². The topological polar surface area (TPSA) is 117 Å². The van der Waals surface area contributed by atoms with E-state index in [1.54, 1.807) is 24.5 Å². The van der Waals surface area contributed by atoms with Crippen molar-refractivity contribution in [3.05, 3.63) is 30.6 Å². The zero-order chi connectivity index (χ0) is 22.2. The van der Waals surface area contributed by atoms with E-state index < -0.39 is 7.28 Å². The van der Waals surface area contributed by atoms with Crippen LogP contribution in [0.4, 0.5) is 5.82 Å². The number of anilines is 1. The molecule has 168 valence electrons. The maximum absolute atomic E-state index is 11.5. The van der Waals surface area contributed by atoms with Gasteiger partial charge in [-0.05, 0) is 0 Å². The molecule has 31 heavy (non-hydrogen) atoms. The Kier molecular flexibility index (Phi) is 5.74. The van der Waals surface area contributed by atoms with E-state index in [1.807, 2.05) is 19.9 Å². The Morgan fingerprint density at radius 3 is 2.81 bits per heavy atom. The first-order chi connectivity index (χ1) is 14.6. The van der Waals surface area contributed by atoms with Gasteiger partial charge in [-0.2, -0.15) is 0 Å². The zero-order valence-electron chi connectivity index (χ0n) is 18.3. The van der Waals surface area contributed by atoms with Crippen LogP contribution in [0.2, 0.25) is 0 Å². The number of hydrogen-bond acceptors (Lipinski definition) is 8. The van der Waals surface area contributed by atoms with Gasteiger partial charge in [-0.1, -0.05) is 0 Å². The molecule has 0 amide bonds. The summed E-state index contributed by atoms with van der Waals surface area (Å²) in [6.07, 6.45) is 3.28. The predicted molar refractivity (Wildman–Crippen MR) is 122 cm³/mol. The van der Waals surface area contributed by atoms with Gasteiger partial charge < -0.3 is 0 Å². The summed E-state index contributed by atoms with van der Waals surface area (Å²) >= 11 is 0. The monoisotopic (exact) mass is 447 g/mol. The van der Waals surface area contributed by atoms with E-state index >= 15 is 0 Å². The van der Waals surface area contributed by atoms with Crippen LogP contribution in [0, 0.1) is 5.92 Å². The Morgan fingerprint density at radius 2 is 2.13 bits per heavy atom. The molecule has 1 fully saturated rings. The zero-order valence-corrected chi connectivity index (χ0v) is 19.2. The van der Waals surface area contributed by atoms with Crippen molar-refractivity contribution in [3.63, 3.8) is 0 Å².